The van der Waals surface area contributed by atoms with Gasteiger partial charge in [0.25, 0.3) is 0 Å². The number of hydrogen-bond acceptors (Lipinski definition) is 2. The van der Waals surface area contributed by atoms with Gasteiger partial charge in [0.05, 0.1) is 11.6 Å². The van der Waals surface area contributed by atoms with Crippen LogP contribution in [0.1, 0.15) is 12.0 Å². The van der Waals surface area contributed by atoms with Gasteiger partial charge in [-0.3, -0.25) is 4.98 Å². The first kappa shape index (κ1) is 11.7. The first-order chi connectivity index (χ1) is 7.10. The summed E-state index contributed by atoms with van der Waals surface area (Å²) in [5.74, 6) is 0. The van der Waals surface area contributed by atoms with E-state index in [0.717, 1.165) is 17.8 Å². The van der Waals surface area contributed by atoms with Gasteiger partial charge in [-0.25, -0.2) is 0 Å². The molecule has 1 aromatic heterocycles. The van der Waals surface area contributed by atoms with Crippen molar-refractivity contribution in [1.29, 1.82) is 5.26 Å². The topological polar surface area (TPSA) is 36.7 Å². The molecule has 78 valence electrons. The number of aromatic nitrogens is 1. The molecule has 0 aliphatic carbocycles. The monoisotopic (exact) mass is 216 g/mol. The summed E-state index contributed by atoms with van der Waals surface area (Å²) in [4.78, 5) is 4.39. The van der Waals surface area contributed by atoms with Crippen molar-refractivity contribution in [3.05, 3.63) is 36.5 Å². The maximum absolute atomic E-state index is 8.83. The van der Waals surface area contributed by atoms with Crippen LogP contribution in [0.3, 0.4) is 0 Å². The molecule has 15 heavy (non-hydrogen) atoms. The van der Waals surface area contributed by atoms with Crippen molar-refractivity contribution in [2.45, 2.75) is 25.6 Å². The quantitative estimate of drug-likeness (QED) is 0.572. The fourth-order valence-electron chi connectivity index (χ4n) is 1.46. The summed E-state index contributed by atoms with van der Waals surface area (Å²) in [6.07, 6.45) is 4.71. The van der Waals surface area contributed by atoms with E-state index in [-0.39, 0.29) is 0 Å². The van der Waals surface area contributed by atoms with Crippen LogP contribution < -0.4 is 5.32 Å². The highest BCUT2D eigenvalue weighted by Crippen LogP contribution is 2.12. The van der Waals surface area contributed by atoms with Crippen molar-refractivity contribution in [3.63, 3.8) is 0 Å². The van der Waals surface area contributed by atoms with Crippen LogP contribution in [0.4, 0.5) is 0 Å². The van der Waals surface area contributed by atoms with Gasteiger partial charge in [-0.1, -0.05) is 19.2 Å². The van der Waals surface area contributed by atoms with Gasteiger partial charge in [0, 0.05) is 11.5 Å². The Morgan fingerprint density at radius 1 is 1.60 bits per heavy atom. The third kappa shape index (κ3) is 3.03. The summed E-state index contributed by atoms with van der Waals surface area (Å²) in [6, 6.07) is 6.97. The lowest BCUT2D eigenvalue weighted by Gasteiger charge is -2.20. The Bertz CT molecular complexity index is 391. The molecule has 0 radical (unpaired) electrons. The van der Waals surface area contributed by atoms with Crippen LogP contribution in [0.25, 0.3) is 0 Å². The van der Waals surface area contributed by atoms with Gasteiger partial charge >= 0.3 is 0 Å². The van der Waals surface area contributed by atoms with Crippen molar-refractivity contribution >= 4 is 13.4 Å². The number of nitrogens with zero attached hydrogens (tertiary/aromatic N) is 2. The number of nitriles is 1. The van der Waals surface area contributed by atoms with Crippen LogP contribution >= 0.6 is 0 Å². The van der Waals surface area contributed by atoms with Crippen molar-refractivity contribution < 1.29 is 0 Å². The van der Waals surface area contributed by atoms with Gasteiger partial charge in [-0.05, 0) is 24.6 Å². The summed E-state index contributed by atoms with van der Waals surface area (Å²) in [6.45, 7) is 8.30. The van der Waals surface area contributed by atoms with Gasteiger partial charge in [0.1, 0.15) is 8.07 Å². The number of pyridine rings is 1. The zero-order valence-electron chi connectivity index (χ0n) is 9.33. The van der Waals surface area contributed by atoms with Gasteiger partial charge in [0.15, 0.2) is 0 Å². The second-order valence-corrected chi connectivity index (χ2v) is 9.03. The van der Waals surface area contributed by atoms with E-state index in [1.54, 1.807) is 12.3 Å². The number of rotatable bonds is 4. The summed E-state index contributed by atoms with van der Waals surface area (Å²) in [5, 5.41) is 9.94. The van der Waals surface area contributed by atoms with E-state index in [0.29, 0.717) is 5.56 Å². The molecule has 1 aromatic rings. The second kappa shape index (κ2) is 4.90. The van der Waals surface area contributed by atoms with Crippen molar-refractivity contribution in [2.75, 3.05) is 0 Å². The molecule has 0 unspecified atom stereocenters. The highest BCUT2D eigenvalue weighted by atomic mass is 28.3. The lowest BCUT2D eigenvalue weighted by molar-refractivity contribution is 1.16. The van der Waals surface area contributed by atoms with Crippen LogP contribution in [0.5, 0.6) is 0 Å². The standard InChI is InChI=1S/C12H16N2Si/c1-4-5-8-15(2,3)12-9-11(10-13)6-7-14-12/h4,6-7,9H,1,5,8H2,2-3H3. The normalized spacial score (nSPS) is 10.7. The molecule has 0 bridgehead atoms. The van der Waals surface area contributed by atoms with E-state index < -0.39 is 8.07 Å². The summed E-state index contributed by atoms with van der Waals surface area (Å²) < 4.78 is 0. The van der Waals surface area contributed by atoms with Crippen LogP contribution in [-0.4, -0.2) is 13.1 Å². The third-order valence-corrected chi connectivity index (χ3v) is 5.75. The average Bonchev–Trinajstić information content (AvgIpc) is 2.26. The van der Waals surface area contributed by atoms with E-state index in [1.807, 2.05) is 12.1 Å². The Hall–Kier alpha value is -1.40. The molecule has 0 fully saturated rings. The Morgan fingerprint density at radius 3 is 2.93 bits per heavy atom. The minimum atomic E-state index is -1.48. The predicted molar refractivity (Wildman–Crippen MR) is 65.7 cm³/mol. The minimum Gasteiger partial charge on any atom is -0.266 e. The number of allylic oxidation sites excluding steroid dienone is 1. The Labute approximate surface area is 92.3 Å². The molecule has 1 rings (SSSR count). The van der Waals surface area contributed by atoms with Crippen molar-refractivity contribution in [2.24, 2.45) is 0 Å². The minimum absolute atomic E-state index is 0.708. The molecule has 2 nitrogen and oxygen atoms in total. The first-order valence-corrected chi connectivity index (χ1v) is 8.28. The van der Waals surface area contributed by atoms with E-state index >= 15 is 0 Å². The zero-order chi connectivity index (χ0) is 11.3. The van der Waals surface area contributed by atoms with Gasteiger partial charge < -0.3 is 0 Å². The van der Waals surface area contributed by atoms with Gasteiger partial charge in [-0.2, -0.15) is 5.26 Å². The molecular weight excluding hydrogens is 200 g/mol. The molecule has 0 saturated carbocycles. The molecule has 0 amide bonds. The Kier molecular flexibility index (Phi) is 3.81. The first-order valence-electron chi connectivity index (χ1n) is 5.07. The number of hydrogen-bond donors (Lipinski definition) is 0. The van der Waals surface area contributed by atoms with E-state index in [4.69, 9.17) is 5.26 Å². The zero-order valence-corrected chi connectivity index (χ0v) is 10.3. The third-order valence-electron chi connectivity index (χ3n) is 2.56. The maximum Gasteiger partial charge on any atom is 0.105 e. The molecule has 1 heterocycles. The molecule has 0 spiro atoms. The summed E-state index contributed by atoms with van der Waals surface area (Å²) >= 11 is 0. The fourth-order valence-corrected chi connectivity index (χ4v) is 3.61. The van der Waals surface area contributed by atoms with E-state index in [1.165, 1.54) is 0 Å². The van der Waals surface area contributed by atoms with Crippen LogP contribution in [0.15, 0.2) is 31.0 Å². The maximum atomic E-state index is 8.83. The van der Waals surface area contributed by atoms with E-state index in [9.17, 15) is 0 Å². The molecule has 0 aliphatic heterocycles. The van der Waals surface area contributed by atoms with Crippen molar-refractivity contribution in [3.8, 4) is 6.07 Å². The highest BCUT2D eigenvalue weighted by Gasteiger charge is 2.24. The van der Waals surface area contributed by atoms with Crippen molar-refractivity contribution in [1.82, 2.24) is 4.98 Å². The molecule has 3 heteroatoms. The molecule has 0 aromatic carbocycles. The van der Waals surface area contributed by atoms with Gasteiger partial charge in [0.2, 0.25) is 0 Å². The highest BCUT2D eigenvalue weighted by molar-refractivity contribution is 6.89. The lowest BCUT2D eigenvalue weighted by atomic mass is 10.3. The van der Waals surface area contributed by atoms with Crippen LogP contribution in [0, 0.1) is 11.3 Å². The molecule has 0 saturated heterocycles. The molecule has 0 aliphatic rings. The second-order valence-electron chi connectivity index (χ2n) is 4.25. The molecule has 0 N–H and O–H groups in total. The molecule has 0 atom stereocenters. The van der Waals surface area contributed by atoms with Crippen LogP contribution in [0.2, 0.25) is 19.1 Å². The fraction of sp³-hybridized carbons (Fsp3) is 0.333. The molecular formula is C12H16N2Si. The van der Waals surface area contributed by atoms with Gasteiger partial charge in [-0.15, -0.1) is 6.58 Å². The smallest absolute Gasteiger partial charge is 0.105 e. The van der Waals surface area contributed by atoms with E-state index in [2.05, 4.69) is 30.7 Å². The lowest BCUT2D eigenvalue weighted by Crippen LogP contribution is -2.43. The largest absolute Gasteiger partial charge is 0.266 e. The van der Waals surface area contributed by atoms with Crippen LogP contribution in [-0.2, 0) is 0 Å². The Morgan fingerprint density at radius 2 is 2.33 bits per heavy atom. The predicted octanol–water partition coefficient (Wildman–Crippen LogP) is 2.44. The average molecular weight is 216 g/mol. The summed E-state index contributed by atoms with van der Waals surface area (Å²) in [7, 11) is -1.48. The SMILES string of the molecule is C=CCC[Si](C)(C)c1cc(C#N)ccn1. The summed E-state index contributed by atoms with van der Waals surface area (Å²) in [5.41, 5.74) is 0.708. The Balaban J connectivity index is 2.94.